The Balaban J connectivity index is 2.67. The maximum Gasteiger partial charge on any atom is 0.335 e. The molecule has 0 aliphatic rings. The topological polar surface area (TPSA) is 55.1 Å². The molecule has 0 unspecified atom stereocenters. The summed E-state index contributed by atoms with van der Waals surface area (Å²) < 4.78 is 1.87. The third kappa shape index (κ3) is 1.65. The van der Waals surface area contributed by atoms with Gasteiger partial charge in [-0.25, -0.2) is 9.78 Å². The van der Waals surface area contributed by atoms with Crippen LogP contribution in [0, 0.1) is 0 Å². The van der Waals surface area contributed by atoms with Gasteiger partial charge in [0.15, 0.2) is 0 Å². The van der Waals surface area contributed by atoms with Gasteiger partial charge >= 0.3 is 5.97 Å². The maximum atomic E-state index is 10.8. The maximum absolute atomic E-state index is 10.8. The van der Waals surface area contributed by atoms with Crippen molar-refractivity contribution in [1.82, 2.24) is 9.55 Å². The lowest BCUT2D eigenvalue weighted by molar-refractivity contribution is 0.0697. The van der Waals surface area contributed by atoms with Crippen LogP contribution < -0.4 is 0 Å². The summed E-state index contributed by atoms with van der Waals surface area (Å²) >= 11 is 5.98. The number of aromatic carboxylic acids is 1. The molecule has 2 aromatic rings. The van der Waals surface area contributed by atoms with Gasteiger partial charge in [0, 0.05) is 7.05 Å². The van der Waals surface area contributed by atoms with Crippen molar-refractivity contribution >= 4 is 28.6 Å². The van der Waals surface area contributed by atoms with E-state index in [4.69, 9.17) is 16.7 Å². The molecule has 0 saturated carbocycles. The van der Waals surface area contributed by atoms with Gasteiger partial charge in [0.05, 0.1) is 22.0 Å². The number of carbonyl (C=O) groups is 1. The second-order valence-electron chi connectivity index (χ2n) is 3.65. The van der Waals surface area contributed by atoms with Crippen LogP contribution in [-0.4, -0.2) is 20.6 Å². The Morgan fingerprint density at radius 2 is 2.25 bits per heavy atom. The molecule has 0 radical (unpaired) electrons. The highest BCUT2D eigenvalue weighted by molar-refractivity contribution is 6.20. The predicted molar refractivity (Wildman–Crippen MR) is 61.9 cm³/mol. The lowest BCUT2D eigenvalue weighted by Crippen LogP contribution is -1.98. The highest BCUT2D eigenvalue weighted by Gasteiger charge is 2.13. The minimum atomic E-state index is -0.951. The minimum absolute atomic E-state index is 0.203. The molecule has 0 aliphatic carbocycles. The highest BCUT2D eigenvalue weighted by Crippen LogP contribution is 2.23. The van der Waals surface area contributed by atoms with Gasteiger partial charge in [-0.05, 0) is 25.1 Å². The summed E-state index contributed by atoms with van der Waals surface area (Å²) in [5, 5.41) is 8.67. The Hall–Kier alpha value is -1.55. The average Bonchev–Trinajstić information content (AvgIpc) is 2.55. The smallest absolute Gasteiger partial charge is 0.335 e. The number of benzene rings is 1. The third-order valence-electron chi connectivity index (χ3n) is 2.52. The molecular weight excluding hydrogens is 228 g/mol. The first-order valence-corrected chi connectivity index (χ1v) is 5.28. The normalized spacial score (nSPS) is 12.9. The van der Waals surface area contributed by atoms with E-state index in [1.165, 1.54) is 0 Å². The van der Waals surface area contributed by atoms with Crippen LogP contribution >= 0.6 is 11.6 Å². The molecule has 1 aromatic carbocycles. The molecule has 0 fully saturated rings. The molecule has 1 N–H and O–H groups in total. The van der Waals surface area contributed by atoms with E-state index in [1.54, 1.807) is 18.2 Å². The highest BCUT2D eigenvalue weighted by atomic mass is 35.5. The van der Waals surface area contributed by atoms with Crippen molar-refractivity contribution in [2.45, 2.75) is 12.3 Å². The quantitative estimate of drug-likeness (QED) is 0.818. The number of fused-ring (bicyclic) bond motifs is 1. The zero-order chi connectivity index (χ0) is 11.9. The van der Waals surface area contributed by atoms with Gasteiger partial charge in [0.2, 0.25) is 0 Å². The second-order valence-corrected chi connectivity index (χ2v) is 4.31. The lowest BCUT2D eigenvalue weighted by Gasteiger charge is -2.02. The fraction of sp³-hybridized carbons (Fsp3) is 0.273. The van der Waals surface area contributed by atoms with Gasteiger partial charge in [-0.2, -0.15) is 0 Å². The molecule has 16 heavy (non-hydrogen) atoms. The van der Waals surface area contributed by atoms with Crippen LogP contribution in [0.3, 0.4) is 0 Å². The number of aryl methyl sites for hydroxylation is 1. The van der Waals surface area contributed by atoms with Crippen molar-refractivity contribution in [2.75, 3.05) is 0 Å². The molecule has 0 bridgehead atoms. The van der Waals surface area contributed by atoms with Gasteiger partial charge in [-0.3, -0.25) is 0 Å². The second kappa shape index (κ2) is 3.79. The molecule has 1 aromatic heterocycles. The summed E-state index contributed by atoms with van der Waals surface area (Å²) in [7, 11) is 1.87. The Morgan fingerprint density at radius 3 is 2.81 bits per heavy atom. The molecule has 84 valence electrons. The van der Waals surface area contributed by atoms with Crippen LogP contribution in [0.25, 0.3) is 11.0 Å². The zero-order valence-electron chi connectivity index (χ0n) is 8.94. The standard InChI is InChI=1S/C11H11ClN2O2/c1-6(12)10-13-8-5-7(11(15)16)3-4-9(8)14(10)2/h3-6H,1-2H3,(H,15,16)/t6-/m1/s1. The molecule has 4 nitrogen and oxygen atoms in total. The van der Waals surface area contributed by atoms with Crippen LogP contribution in [0.15, 0.2) is 18.2 Å². The number of rotatable bonds is 2. The number of nitrogens with zero attached hydrogens (tertiary/aromatic N) is 2. The van der Waals surface area contributed by atoms with E-state index in [2.05, 4.69) is 4.98 Å². The summed E-state index contributed by atoms with van der Waals surface area (Å²) in [4.78, 5) is 15.1. The Kier molecular flexibility index (Phi) is 2.59. The summed E-state index contributed by atoms with van der Waals surface area (Å²) in [6, 6.07) is 4.87. The molecule has 0 amide bonds. The first-order valence-electron chi connectivity index (χ1n) is 4.84. The van der Waals surface area contributed by atoms with E-state index in [9.17, 15) is 4.79 Å². The van der Waals surface area contributed by atoms with Crippen LogP contribution in [0.1, 0.15) is 28.5 Å². The van der Waals surface area contributed by atoms with E-state index in [0.29, 0.717) is 5.52 Å². The van der Waals surface area contributed by atoms with E-state index in [1.807, 2.05) is 18.5 Å². The molecule has 0 aliphatic heterocycles. The summed E-state index contributed by atoms with van der Waals surface area (Å²) in [5.41, 5.74) is 1.77. The molecule has 2 rings (SSSR count). The van der Waals surface area contributed by atoms with E-state index in [-0.39, 0.29) is 10.9 Å². The number of hydrogen-bond acceptors (Lipinski definition) is 2. The Labute approximate surface area is 97.5 Å². The number of carboxylic acid groups (broad SMARTS) is 1. The number of alkyl halides is 1. The van der Waals surface area contributed by atoms with Crippen molar-refractivity contribution < 1.29 is 9.90 Å². The van der Waals surface area contributed by atoms with Crippen molar-refractivity contribution in [3.05, 3.63) is 29.6 Å². The van der Waals surface area contributed by atoms with E-state index < -0.39 is 5.97 Å². The molecule has 0 saturated heterocycles. The average molecular weight is 239 g/mol. The number of hydrogen-bond donors (Lipinski definition) is 1. The Bertz CT molecular complexity index is 560. The van der Waals surface area contributed by atoms with Crippen LogP contribution in [-0.2, 0) is 7.05 Å². The number of carboxylic acids is 1. The van der Waals surface area contributed by atoms with Crippen molar-refractivity contribution in [1.29, 1.82) is 0 Å². The zero-order valence-corrected chi connectivity index (χ0v) is 9.69. The third-order valence-corrected chi connectivity index (χ3v) is 2.71. The van der Waals surface area contributed by atoms with Crippen LogP contribution in [0.4, 0.5) is 0 Å². The van der Waals surface area contributed by atoms with Crippen molar-refractivity contribution in [2.24, 2.45) is 7.05 Å². The molecule has 0 spiro atoms. The lowest BCUT2D eigenvalue weighted by atomic mass is 10.2. The number of halogens is 1. The van der Waals surface area contributed by atoms with Crippen molar-refractivity contribution in [3.63, 3.8) is 0 Å². The fourth-order valence-electron chi connectivity index (χ4n) is 1.71. The first kappa shape index (κ1) is 11.0. The SMILES string of the molecule is C[C@@H](Cl)c1nc2cc(C(=O)O)ccc2n1C. The molecular formula is C11H11ClN2O2. The largest absolute Gasteiger partial charge is 0.478 e. The van der Waals surface area contributed by atoms with Crippen molar-refractivity contribution in [3.8, 4) is 0 Å². The monoisotopic (exact) mass is 238 g/mol. The number of aromatic nitrogens is 2. The van der Waals surface area contributed by atoms with Gasteiger partial charge < -0.3 is 9.67 Å². The molecule has 5 heteroatoms. The van der Waals surface area contributed by atoms with Gasteiger partial charge in [0.25, 0.3) is 0 Å². The first-order chi connectivity index (χ1) is 7.50. The Morgan fingerprint density at radius 1 is 1.56 bits per heavy atom. The number of imidazole rings is 1. The minimum Gasteiger partial charge on any atom is -0.478 e. The van der Waals surface area contributed by atoms with Gasteiger partial charge in [0.1, 0.15) is 5.82 Å². The predicted octanol–water partition coefficient (Wildman–Crippen LogP) is 2.57. The van der Waals surface area contributed by atoms with Gasteiger partial charge in [-0.1, -0.05) is 0 Å². The molecule has 1 heterocycles. The van der Waals surface area contributed by atoms with E-state index in [0.717, 1.165) is 11.3 Å². The van der Waals surface area contributed by atoms with Gasteiger partial charge in [-0.15, -0.1) is 11.6 Å². The van der Waals surface area contributed by atoms with Crippen LogP contribution in [0.5, 0.6) is 0 Å². The summed E-state index contributed by atoms with van der Waals surface area (Å²) in [6.07, 6.45) is 0. The molecule has 1 atom stereocenters. The fourth-order valence-corrected chi connectivity index (χ4v) is 1.90. The van der Waals surface area contributed by atoms with Crippen LogP contribution in [0.2, 0.25) is 0 Å². The van der Waals surface area contributed by atoms with E-state index >= 15 is 0 Å². The summed E-state index contributed by atoms with van der Waals surface area (Å²) in [6.45, 7) is 1.83. The summed E-state index contributed by atoms with van der Waals surface area (Å²) in [5.74, 6) is -0.216.